The molecule has 27 heavy (non-hydrogen) atoms. The maximum Gasteiger partial charge on any atom is 0.325 e. The van der Waals surface area contributed by atoms with E-state index in [0.29, 0.717) is 12.1 Å². The van der Waals surface area contributed by atoms with Crippen molar-refractivity contribution in [3.63, 3.8) is 0 Å². The van der Waals surface area contributed by atoms with Gasteiger partial charge in [0, 0.05) is 12.6 Å². The zero-order chi connectivity index (χ0) is 20.2. The monoisotopic (exact) mass is 377 g/mol. The fraction of sp³-hybridized carbons (Fsp3) is 0.550. The van der Waals surface area contributed by atoms with Crippen LogP contribution in [0, 0.1) is 5.82 Å². The molecule has 1 aliphatic rings. The summed E-state index contributed by atoms with van der Waals surface area (Å²) in [6.45, 7) is 7.87. The molecule has 1 saturated heterocycles. The zero-order valence-electron chi connectivity index (χ0n) is 16.4. The van der Waals surface area contributed by atoms with Gasteiger partial charge in [0.25, 0.3) is 5.91 Å². The van der Waals surface area contributed by atoms with Gasteiger partial charge in [-0.2, -0.15) is 0 Å². The summed E-state index contributed by atoms with van der Waals surface area (Å²) in [7, 11) is 0. The van der Waals surface area contributed by atoms with E-state index in [2.05, 4.69) is 5.32 Å². The van der Waals surface area contributed by atoms with Crippen LogP contribution in [0.2, 0.25) is 0 Å². The van der Waals surface area contributed by atoms with Gasteiger partial charge in [-0.1, -0.05) is 32.4 Å². The van der Waals surface area contributed by atoms with Gasteiger partial charge in [0.15, 0.2) is 0 Å². The molecule has 0 aliphatic carbocycles. The Bertz CT molecular complexity index is 707. The molecule has 0 saturated carbocycles. The van der Waals surface area contributed by atoms with Gasteiger partial charge in [-0.15, -0.1) is 0 Å². The van der Waals surface area contributed by atoms with Gasteiger partial charge in [0.05, 0.1) is 0 Å². The van der Waals surface area contributed by atoms with Crippen LogP contribution in [-0.2, 0) is 15.1 Å². The zero-order valence-corrected chi connectivity index (χ0v) is 16.4. The predicted octanol–water partition coefficient (Wildman–Crippen LogP) is 3.02. The average molecular weight is 377 g/mol. The third-order valence-electron chi connectivity index (χ3n) is 5.19. The maximum atomic E-state index is 13.2. The molecule has 0 radical (unpaired) electrons. The summed E-state index contributed by atoms with van der Waals surface area (Å²) in [5.41, 5.74) is -0.836. The standard InChI is InChI=1S/C20H28FN3O3/c1-5-7-12-23(14(3)6-2)17(25)13-24-18(26)20(4,22-19(24)27)15-8-10-16(21)11-9-15/h8-11,14H,5-7,12-13H2,1-4H3,(H,22,27)/t14-,20+/m0/s1. The highest BCUT2D eigenvalue weighted by Crippen LogP contribution is 2.29. The highest BCUT2D eigenvalue weighted by atomic mass is 19.1. The minimum Gasteiger partial charge on any atom is -0.338 e. The number of imide groups is 1. The van der Waals surface area contributed by atoms with Crippen molar-refractivity contribution in [3.8, 4) is 0 Å². The Labute approximate surface area is 159 Å². The summed E-state index contributed by atoms with van der Waals surface area (Å²) in [5, 5.41) is 2.64. The van der Waals surface area contributed by atoms with Gasteiger partial charge in [-0.25, -0.2) is 9.18 Å². The molecule has 1 aromatic rings. The van der Waals surface area contributed by atoms with E-state index in [1.165, 1.54) is 24.3 Å². The van der Waals surface area contributed by atoms with Crippen molar-refractivity contribution in [2.75, 3.05) is 13.1 Å². The van der Waals surface area contributed by atoms with Gasteiger partial charge < -0.3 is 10.2 Å². The van der Waals surface area contributed by atoms with Gasteiger partial charge in [-0.3, -0.25) is 14.5 Å². The average Bonchev–Trinajstić information content (AvgIpc) is 2.86. The van der Waals surface area contributed by atoms with Crippen molar-refractivity contribution in [2.45, 2.75) is 58.5 Å². The fourth-order valence-corrected chi connectivity index (χ4v) is 3.19. The normalized spacial score (nSPS) is 20.6. The number of rotatable bonds is 8. The first-order valence-corrected chi connectivity index (χ1v) is 9.44. The SMILES string of the molecule is CCCCN(C(=O)CN1C(=O)N[C@](C)(c2ccc(F)cc2)C1=O)[C@@H](C)CC. The van der Waals surface area contributed by atoms with E-state index in [0.717, 1.165) is 24.2 Å². The van der Waals surface area contributed by atoms with E-state index < -0.39 is 23.3 Å². The Balaban J connectivity index is 2.18. The summed E-state index contributed by atoms with van der Waals surface area (Å²) >= 11 is 0. The van der Waals surface area contributed by atoms with E-state index in [1.807, 2.05) is 20.8 Å². The third kappa shape index (κ3) is 4.28. The second-order valence-electron chi connectivity index (χ2n) is 7.15. The molecule has 7 heteroatoms. The summed E-state index contributed by atoms with van der Waals surface area (Å²) in [6, 6.07) is 4.83. The fourth-order valence-electron chi connectivity index (χ4n) is 3.19. The second-order valence-corrected chi connectivity index (χ2v) is 7.15. The number of nitrogens with one attached hydrogen (secondary N) is 1. The molecule has 1 aromatic carbocycles. The molecule has 148 valence electrons. The minimum atomic E-state index is -1.31. The van der Waals surface area contributed by atoms with Crippen molar-refractivity contribution in [1.82, 2.24) is 15.1 Å². The first-order chi connectivity index (χ1) is 12.7. The first kappa shape index (κ1) is 20.9. The van der Waals surface area contributed by atoms with E-state index in [-0.39, 0.29) is 18.5 Å². The predicted molar refractivity (Wildman–Crippen MR) is 100 cm³/mol. The summed E-state index contributed by atoms with van der Waals surface area (Å²) < 4.78 is 13.2. The molecule has 1 heterocycles. The molecule has 2 rings (SSSR count). The molecule has 2 atom stereocenters. The van der Waals surface area contributed by atoms with Gasteiger partial charge in [-0.05, 0) is 44.4 Å². The summed E-state index contributed by atoms with van der Waals surface area (Å²) in [6.07, 6.45) is 2.61. The molecular formula is C20H28FN3O3. The van der Waals surface area contributed by atoms with E-state index in [9.17, 15) is 18.8 Å². The third-order valence-corrected chi connectivity index (χ3v) is 5.19. The van der Waals surface area contributed by atoms with Gasteiger partial charge >= 0.3 is 6.03 Å². The van der Waals surface area contributed by atoms with Crippen LogP contribution in [0.5, 0.6) is 0 Å². The van der Waals surface area contributed by atoms with Crippen molar-refractivity contribution in [2.24, 2.45) is 0 Å². The smallest absolute Gasteiger partial charge is 0.325 e. The molecule has 0 spiro atoms. The molecule has 4 amide bonds. The number of halogens is 1. The molecule has 1 N–H and O–H groups in total. The Morgan fingerprint density at radius 2 is 1.89 bits per heavy atom. The van der Waals surface area contributed by atoms with E-state index >= 15 is 0 Å². The van der Waals surface area contributed by atoms with Crippen LogP contribution in [0.25, 0.3) is 0 Å². The van der Waals surface area contributed by atoms with Crippen LogP contribution in [0.3, 0.4) is 0 Å². The minimum absolute atomic E-state index is 0.0355. The number of carbonyl (C=O) groups is 3. The van der Waals surface area contributed by atoms with Crippen LogP contribution in [-0.4, -0.2) is 46.8 Å². The van der Waals surface area contributed by atoms with Crippen molar-refractivity contribution < 1.29 is 18.8 Å². The lowest BCUT2D eigenvalue weighted by Gasteiger charge is -2.30. The lowest BCUT2D eigenvalue weighted by atomic mass is 9.92. The summed E-state index contributed by atoms with van der Waals surface area (Å²) in [5.74, 6) is -1.18. The second kappa shape index (κ2) is 8.50. The van der Waals surface area contributed by atoms with Crippen molar-refractivity contribution >= 4 is 17.8 Å². The molecule has 1 fully saturated rings. The van der Waals surface area contributed by atoms with Crippen LogP contribution in [0.4, 0.5) is 9.18 Å². The highest BCUT2D eigenvalue weighted by molar-refractivity contribution is 6.09. The molecule has 0 aromatic heterocycles. The Morgan fingerprint density at radius 1 is 1.26 bits per heavy atom. The molecule has 6 nitrogen and oxygen atoms in total. The lowest BCUT2D eigenvalue weighted by molar-refractivity contribution is -0.140. The van der Waals surface area contributed by atoms with E-state index in [4.69, 9.17) is 0 Å². The van der Waals surface area contributed by atoms with Gasteiger partial charge in [0.2, 0.25) is 5.91 Å². The number of amides is 4. The van der Waals surface area contributed by atoms with Crippen molar-refractivity contribution in [1.29, 1.82) is 0 Å². The molecule has 0 bridgehead atoms. The first-order valence-electron chi connectivity index (χ1n) is 9.44. The number of carbonyl (C=O) groups excluding carboxylic acids is 3. The largest absolute Gasteiger partial charge is 0.338 e. The number of hydrogen-bond acceptors (Lipinski definition) is 3. The number of benzene rings is 1. The quantitative estimate of drug-likeness (QED) is 0.708. The van der Waals surface area contributed by atoms with Gasteiger partial charge in [0.1, 0.15) is 17.9 Å². The van der Waals surface area contributed by atoms with Crippen LogP contribution in [0.15, 0.2) is 24.3 Å². The highest BCUT2D eigenvalue weighted by Gasteiger charge is 2.49. The Kier molecular flexibility index (Phi) is 6.57. The lowest BCUT2D eigenvalue weighted by Crippen LogP contribution is -2.47. The van der Waals surface area contributed by atoms with E-state index in [1.54, 1.807) is 11.8 Å². The van der Waals surface area contributed by atoms with Crippen LogP contribution >= 0.6 is 0 Å². The molecular weight excluding hydrogens is 349 g/mol. The summed E-state index contributed by atoms with van der Waals surface area (Å²) in [4.78, 5) is 40.8. The molecule has 0 unspecified atom stereocenters. The maximum absolute atomic E-state index is 13.2. The number of nitrogens with zero attached hydrogens (tertiary/aromatic N) is 2. The Morgan fingerprint density at radius 3 is 2.44 bits per heavy atom. The number of hydrogen-bond donors (Lipinski definition) is 1. The van der Waals surface area contributed by atoms with Crippen molar-refractivity contribution in [3.05, 3.63) is 35.6 Å². The number of unbranched alkanes of at least 4 members (excludes halogenated alkanes) is 1. The molecule has 1 aliphatic heterocycles. The van der Waals surface area contributed by atoms with Crippen LogP contribution in [0.1, 0.15) is 52.5 Å². The Hall–Kier alpha value is -2.44. The topological polar surface area (TPSA) is 69.7 Å². The van der Waals surface area contributed by atoms with Crippen LogP contribution < -0.4 is 5.32 Å². The number of urea groups is 1.